The zero-order valence-corrected chi connectivity index (χ0v) is 14.9. The maximum absolute atomic E-state index is 12.6. The molecule has 134 valence electrons. The molecule has 2 aromatic rings. The van der Waals surface area contributed by atoms with Crippen LogP contribution in [0.25, 0.3) is 0 Å². The van der Waals surface area contributed by atoms with E-state index in [-0.39, 0.29) is 11.9 Å². The van der Waals surface area contributed by atoms with Gasteiger partial charge in [0.15, 0.2) is 5.82 Å². The number of nitrogens with one attached hydrogen (secondary N) is 1. The topological polar surface area (TPSA) is 78.3 Å². The lowest BCUT2D eigenvalue weighted by Crippen LogP contribution is -2.28. The Morgan fingerprint density at radius 3 is 3.00 bits per heavy atom. The van der Waals surface area contributed by atoms with Gasteiger partial charge in [-0.15, -0.1) is 10.2 Å². The predicted octanol–water partition coefficient (Wildman–Crippen LogP) is 2.26. The van der Waals surface area contributed by atoms with Gasteiger partial charge in [0.2, 0.25) is 0 Å². The summed E-state index contributed by atoms with van der Waals surface area (Å²) in [6.07, 6.45) is 2.03. The van der Waals surface area contributed by atoms with Gasteiger partial charge in [0.05, 0.1) is 19.8 Å². The number of fused-ring (bicyclic) bond motifs is 1. The molecule has 0 bridgehead atoms. The van der Waals surface area contributed by atoms with Crippen LogP contribution in [0.1, 0.15) is 53.9 Å². The molecule has 0 unspecified atom stereocenters. The highest BCUT2D eigenvalue weighted by molar-refractivity contribution is 5.94. The van der Waals surface area contributed by atoms with E-state index in [0.717, 1.165) is 36.6 Å². The molecule has 1 aliphatic rings. The molecule has 2 heterocycles. The number of hydrogen-bond acceptors (Lipinski definition) is 5. The molecular weight excluding hydrogens is 320 g/mol. The number of nitrogens with zero attached hydrogens (tertiary/aromatic N) is 3. The van der Waals surface area contributed by atoms with Crippen LogP contribution in [0.3, 0.4) is 0 Å². The van der Waals surface area contributed by atoms with Crippen molar-refractivity contribution in [1.29, 1.82) is 0 Å². The number of carbonyl (C=O) groups is 1. The van der Waals surface area contributed by atoms with Crippen LogP contribution in [0.2, 0.25) is 0 Å². The summed E-state index contributed by atoms with van der Waals surface area (Å²) in [5, 5.41) is 11.4. The highest BCUT2D eigenvalue weighted by Crippen LogP contribution is 2.22. The van der Waals surface area contributed by atoms with Crippen LogP contribution in [0.4, 0.5) is 0 Å². The Kier molecular flexibility index (Phi) is 5.33. The molecule has 3 rings (SSSR count). The Morgan fingerprint density at radius 1 is 1.40 bits per heavy atom. The van der Waals surface area contributed by atoms with Crippen LogP contribution in [0, 0.1) is 0 Å². The van der Waals surface area contributed by atoms with E-state index in [1.807, 2.05) is 19.9 Å². The maximum Gasteiger partial charge on any atom is 0.251 e. The van der Waals surface area contributed by atoms with Gasteiger partial charge in [-0.2, -0.15) is 0 Å². The summed E-state index contributed by atoms with van der Waals surface area (Å²) in [5.74, 6) is 2.38. The minimum atomic E-state index is -0.204. The maximum atomic E-state index is 12.6. The van der Waals surface area contributed by atoms with Crippen molar-refractivity contribution in [3.63, 3.8) is 0 Å². The van der Waals surface area contributed by atoms with Crippen molar-refractivity contribution in [2.24, 2.45) is 0 Å². The second kappa shape index (κ2) is 7.65. The van der Waals surface area contributed by atoms with Crippen LogP contribution in [0.15, 0.2) is 18.2 Å². The SMILES string of the molecule is CCOCc1cc(C(=O)N[C@H](C)c2nnc3n2CCC3)ccc1OC. The molecule has 0 saturated carbocycles. The van der Waals surface area contributed by atoms with E-state index >= 15 is 0 Å². The van der Waals surface area contributed by atoms with E-state index in [1.165, 1.54) is 0 Å². The Morgan fingerprint density at radius 2 is 2.24 bits per heavy atom. The zero-order chi connectivity index (χ0) is 17.8. The van der Waals surface area contributed by atoms with Crippen LogP contribution < -0.4 is 10.1 Å². The Bertz CT molecular complexity index is 757. The van der Waals surface area contributed by atoms with Crippen molar-refractivity contribution in [1.82, 2.24) is 20.1 Å². The van der Waals surface area contributed by atoms with Gasteiger partial charge < -0.3 is 19.4 Å². The molecule has 1 N–H and O–H groups in total. The number of aromatic nitrogens is 3. The van der Waals surface area contributed by atoms with Gasteiger partial charge in [-0.3, -0.25) is 4.79 Å². The van der Waals surface area contributed by atoms with Crippen molar-refractivity contribution in [2.75, 3.05) is 13.7 Å². The number of methoxy groups -OCH3 is 1. The lowest BCUT2D eigenvalue weighted by Gasteiger charge is -2.15. The van der Waals surface area contributed by atoms with Crippen molar-refractivity contribution in [3.8, 4) is 5.75 Å². The summed E-state index contributed by atoms with van der Waals surface area (Å²) in [6, 6.07) is 5.15. The smallest absolute Gasteiger partial charge is 0.251 e. The van der Waals surface area contributed by atoms with E-state index < -0.39 is 0 Å². The number of hydrogen-bond donors (Lipinski definition) is 1. The van der Waals surface area contributed by atoms with E-state index in [1.54, 1.807) is 19.2 Å². The minimum absolute atomic E-state index is 0.150. The quantitative estimate of drug-likeness (QED) is 0.833. The molecule has 0 radical (unpaired) electrons. The number of rotatable bonds is 7. The van der Waals surface area contributed by atoms with Crippen LogP contribution >= 0.6 is 0 Å². The van der Waals surface area contributed by atoms with E-state index in [9.17, 15) is 4.79 Å². The average Bonchev–Trinajstić information content (AvgIpc) is 3.22. The largest absolute Gasteiger partial charge is 0.496 e. The van der Waals surface area contributed by atoms with Gasteiger partial charge in [0, 0.05) is 30.7 Å². The molecule has 0 fully saturated rings. The van der Waals surface area contributed by atoms with Gasteiger partial charge in [-0.25, -0.2) is 0 Å². The summed E-state index contributed by atoms with van der Waals surface area (Å²) in [5.41, 5.74) is 1.43. The Hall–Kier alpha value is -2.41. The lowest BCUT2D eigenvalue weighted by atomic mass is 10.1. The summed E-state index contributed by atoms with van der Waals surface area (Å²) in [7, 11) is 1.61. The fraction of sp³-hybridized carbons (Fsp3) is 0.500. The number of aryl methyl sites for hydroxylation is 1. The summed E-state index contributed by atoms with van der Waals surface area (Å²) >= 11 is 0. The monoisotopic (exact) mass is 344 g/mol. The van der Waals surface area contributed by atoms with Crippen LogP contribution in [-0.4, -0.2) is 34.4 Å². The molecule has 0 aliphatic carbocycles. The van der Waals surface area contributed by atoms with Gasteiger partial charge in [-0.05, 0) is 38.5 Å². The number of carbonyl (C=O) groups excluding carboxylic acids is 1. The molecule has 1 atom stereocenters. The molecule has 7 heteroatoms. The van der Waals surface area contributed by atoms with Crippen molar-refractivity contribution >= 4 is 5.91 Å². The molecule has 25 heavy (non-hydrogen) atoms. The standard InChI is InChI=1S/C18H24N4O3/c1-4-25-11-14-10-13(7-8-15(14)24-3)18(23)19-12(2)17-21-20-16-6-5-9-22(16)17/h7-8,10,12H,4-6,9,11H2,1-3H3,(H,19,23)/t12-/m1/s1. The van der Waals surface area contributed by atoms with Gasteiger partial charge in [0.1, 0.15) is 11.6 Å². The molecule has 1 amide bonds. The molecule has 7 nitrogen and oxygen atoms in total. The third kappa shape index (κ3) is 3.66. The van der Waals surface area contributed by atoms with Gasteiger partial charge in [-0.1, -0.05) is 0 Å². The van der Waals surface area contributed by atoms with Crippen LogP contribution in [0.5, 0.6) is 5.75 Å². The zero-order valence-electron chi connectivity index (χ0n) is 14.9. The lowest BCUT2D eigenvalue weighted by molar-refractivity contribution is 0.0937. The first-order chi connectivity index (χ1) is 12.1. The third-order valence-electron chi connectivity index (χ3n) is 4.38. The molecular formula is C18H24N4O3. The first-order valence-electron chi connectivity index (χ1n) is 8.61. The normalized spacial score (nSPS) is 14.2. The van der Waals surface area contributed by atoms with Crippen molar-refractivity contribution in [2.45, 2.75) is 45.9 Å². The second-order valence-electron chi connectivity index (χ2n) is 6.09. The van der Waals surface area contributed by atoms with Crippen molar-refractivity contribution in [3.05, 3.63) is 41.0 Å². The third-order valence-corrected chi connectivity index (χ3v) is 4.38. The summed E-state index contributed by atoms with van der Waals surface area (Å²) < 4.78 is 12.9. The second-order valence-corrected chi connectivity index (χ2v) is 6.09. The predicted molar refractivity (Wildman–Crippen MR) is 92.5 cm³/mol. The number of benzene rings is 1. The van der Waals surface area contributed by atoms with E-state index in [4.69, 9.17) is 9.47 Å². The van der Waals surface area contributed by atoms with Gasteiger partial charge >= 0.3 is 0 Å². The van der Waals surface area contributed by atoms with Gasteiger partial charge in [0.25, 0.3) is 5.91 Å². The Balaban J connectivity index is 1.74. The minimum Gasteiger partial charge on any atom is -0.496 e. The van der Waals surface area contributed by atoms with Crippen LogP contribution in [-0.2, 0) is 24.3 Å². The fourth-order valence-electron chi connectivity index (χ4n) is 3.08. The van der Waals surface area contributed by atoms with E-state index in [2.05, 4.69) is 20.1 Å². The molecule has 0 saturated heterocycles. The number of ether oxygens (including phenoxy) is 2. The van der Waals surface area contributed by atoms with Crippen molar-refractivity contribution < 1.29 is 14.3 Å². The Labute approximate surface area is 147 Å². The first kappa shape index (κ1) is 17.4. The summed E-state index contributed by atoms with van der Waals surface area (Å²) in [4.78, 5) is 12.6. The summed E-state index contributed by atoms with van der Waals surface area (Å²) in [6.45, 7) is 5.79. The number of amides is 1. The molecule has 1 aliphatic heterocycles. The molecule has 0 spiro atoms. The highest BCUT2D eigenvalue weighted by atomic mass is 16.5. The first-order valence-corrected chi connectivity index (χ1v) is 8.61. The van der Waals surface area contributed by atoms with E-state index in [0.29, 0.717) is 24.5 Å². The fourth-order valence-corrected chi connectivity index (χ4v) is 3.08. The average molecular weight is 344 g/mol. The molecule has 1 aromatic heterocycles. The molecule has 1 aromatic carbocycles. The highest BCUT2D eigenvalue weighted by Gasteiger charge is 2.23.